The van der Waals surface area contributed by atoms with Crippen molar-refractivity contribution < 1.29 is 0 Å². The van der Waals surface area contributed by atoms with Crippen molar-refractivity contribution in [1.82, 2.24) is 9.88 Å². The predicted molar refractivity (Wildman–Crippen MR) is 64.8 cm³/mol. The fraction of sp³-hybridized carbons (Fsp3) is 0.615. The highest BCUT2D eigenvalue weighted by molar-refractivity contribution is 5.28. The van der Waals surface area contributed by atoms with Crippen LogP contribution < -0.4 is 5.73 Å². The van der Waals surface area contributed by atoms with Crippen molar-refractivity contribution in [3.8, 4) is 0 Å². The molecule has 3 rings (SSSR count). The normalized spacial score (nSPS) is 20.3. The van der Waals surface area contributed by atoms with E-state index in [0.717, 1.165) is 24.2 Å². The van der Waals surface area contributed by atoms with Crippen molar-refractivity contribution in [2.45, 2.75) is 38.3 Å². The first-order chi connectivity index (χ1) is 7.81. The SMILES string of the molecule is Nc1cccc(CN(CC2CC2)C2CC2)n1. The van der Waals surface area contributed by atoms with Gasteiger partial charge in [0.05, 0.1) is 5.69 Å². The Morgan fingerprint density at radius 3 is 2.69 bits per heavy atom. The van der Waals surface area contributed by atoms with Gasteiger partial charge in [0.25, 0.3) is 0 Å². The Morgan fingerprint density at radius 1 is 1.25 bits per heavy atom. The molecule has 0 aliphatic heterocycles. The van der Waals surface area contributed by atoms with Gasteiger partial charge >= 0.3 is 0 Å². The molecule has 2 N–H and O–H groups in total. The minimum atomic E-state index is 0.639. The van der Waals surface area contributed by atoms with Crippen molar-refractivity contribution in [1.29, 1.82) is 0 Å². The summed E-state index contributed by atoms with van der Waals surface area (Å²) >= 11 is 0. The minimum Gasteiger partial charge on any atom is -0.384 e. The van der Waals surface area contributed by atoms with Gasteiger partial charge < -0.3 is 5.73 Å². The molecule has 2 fully saturated rings. The highest BCUT2D eigenvalue weighted by atomic mass is 15.2. The van der Waals surface area contributed by atoms with E-state index in [4.69, 9.17) is 5.73 Å². The smallest absolute Gasteiger partial charge is 0.123 e. The number of hydrogen-bond donors (Lipinski definition) is 1. The van der Waals surface area contributed by atoms with E-state index in [-0.39, 0.29) is 0 Å². The summed E-state index contributed by atoms with van der Waals surface area (Å²) in [4.78, 5) is 6.98. The summed E-state index contributed by atoms with van der Waals surface area (Å²) in [6, 6.07) is 6.76. The number of rotatable bonds is 5. The summed E-state index contributed by atoms with van der Waals surface area (Å²) in [7, 11) is 0. The van der Waals surface area contributed by atoms with Gasteiger partial charge in [0.15, 0.2) is 0 Å². The van der Waals surface area contributed by atoms with Crippen LogP contribution in [0.4, 0.5) is 5.82 Å². The molecule has 0 bridgehead atoms. The number of nitrogens with two attached hydrogens (primary N) is 1. The Hall–Kier alpha value is -1.09. The molecule has 16 heavy (non-hydrogen) atoms. The molecule has 1 aromatic heterocycles. The lowest BCUT2D eigenvalue weighted by atomic mass is 10.3. The van der Waals surface area contributed by atoms with Crippen LogP contribution in [0.15, 0.2) is 18.2 Å². The Bertz CT molecular complexity index is 369. The van der Waals surface area contributed by atoms with Crippen molar-refractivity contribution in [3.63, 3.8) is 0 Å². The van der Waals surface area contributed by atoms with E-state index >= 15 is 0 Å². The summed E-state index contributed by atoms with van der Waals surface area (Å²) in [5, 5.41) is 0. The van der Waals surface area contributed by atoms with E-state index in [9.17, 15) is 0 Å². The zero-order chi connectivity index (χ0) is 11.0. The first kappa shape index (κ1) is 10.1. The lowest BCUT2D eigenvalue weighted by Gasteiger charge is -2.21. The molecule has 2 saturated carbocycles. The topological polar surface area (TPSA) is 42.1 Å². The maximum absolute atomic E-state index is 5.71. The lowest BCUT2D eigenvalue weighted by Crippen LogP contribution is -2.28. The first-order valence-corrected chi connectivity index (χ1v) is 6.27. The third-order valence-corrected chi connectivity index (χ3v) is 3.45. The minimum absolute atomic E-state index is 0.639. The Labute approximate surface area is 96.7 Å². The molecule has 1 heterocycles. The van der Waals surface area contributed by atoms with Gasteiger partial charge in [-0.2, -0.15) is 0 Å². The molecule has 2 aliphatic rings. The molecule has 3 heteroatoms. The van der Waals surface area contributed by atoms with Crippen LogP contribution >= 0.6 is 0 Å². The molecule has 0 saturated heterocycles. The second kappa shape index (κ2) is 4.06. The number of aromatic nitrogens is 1. The van der Waals surface area contributed by atoms with Crippen LogP contribution in [-0.4, -0.2) is 22.5 Å². The van der Waals surface area contributed by atoms with Gasteiger partial charge in [-0.3, -0.25) is 4.90 Å². The largest absolute Gasteiger partial charge is 0.384 e. The molecule has 0 radical (unpaired) electrons. The predicted octanol–water partition coefficient (Wildman–Crippen LogP) is 2.04. The van der Waals surface area contributed by atoms with Crippen LogP contribution in [0.3, 0.4) is 0 Å². The van der Waals surface area contributed by atoms with Crippen LogP contribution in [0.1, 0.15) is 31.4 Å². The van der Waals surface area contributed by atoms with Gasteiger partial charge in [-0.15, -0.1) is 0 Å². The number of nitrogens with zero attached hydrogens (tertiary/aromatic N) is 2. The molecule has 0 amide bonds. The highest BCUT2D eigenvalue weighted by Gasteiger charge is 2.33. The second-order valence-corrected chi connectivity index (χ2v) is 5.16. The van der Waals surface area contributed by atoms with Crippen molar-refractivity contribution in [2.24, 2.45) is 5.92 Å². The molecular formula is C13H19N3. The molecule has 0 spiro atoms. The van der Waals surface area contributed by atoms with Gasteiger partial charge in [0.1, 0.15) is 5.82 Å². The van der Waals surface area contributed by atoms with Crippen molar-refractivity contribution in [3.05, 3.63) is 23.9 Å². The summed E-state index contributed by atoms with van der Waals surface area (Å²) in [6.07, 6.45) is 5.59. The first-order valence-electron chi connectivity index (χ1n) is 6.27. The summed E-state index contributed by atoms with van der Waals surface area (Å²) in [5.74, 6) is 1.60. The standard InChI is InChI=1S/C13H19N3/c14-13-3-1-2-11(15-13)9-16(12-6-7-12)8-10-4-5-10/h1-3,10,12H,4-9H2,(H2,14,15). The van der Waals surface area contributed by atoms with Crippen LogP contribution in [0.25, 0.3) is 0 Å². The van der Waals surface area contributed by atoms with E-state index in [1.165, 1.54) is 32.2 Å². The van der Waals surface area contributed by atoms with Crippen LogP contribution in [0, 0.1) is 5.92 Å². The molecular weight excluding hydrogens is 198 g/mol. The molecule has 3 nitrogen and oxygen atoms in total. The second-order valence-electron chi connectivity index (χ2n) is 5.16. The van der Waals surface area contributed by atoms with Crippen molar-refractivity contribution in [2.75, 3.05) is 12.3 Å². The van der Waals surface area contributed by atoms with E-state index in [1.54, 1.807) is 0 Å². The fourth-order valence-corrected chi connectivity index (χ4v) is 2.21. The zero-order valence-corrected chi connectivity index (χ0v) is 9.60. The maximum Gasteiger partial charge on any atom is 0.123 e. The molecule has 0 atom stereocenters. The Morgan fingerprint density at radius 2 is 2.06 bits per heavy atom. The Kier molecular flexibility index (Phi) is 2.56. The van der Waals surface area contributed by atoms with Gasteiger partial charge in [0, 0.05) is 19.1 Å². The van der Waals surface area contributed by atoms with Gasteiger partial charge in [-0.1, -0.05) is 6.07 Å². The average Bonchev–Trinajstić information content (AvgIpc) is 3.12. The van der Waals surface area contributed by atoms with Gasteiger partial charge in [0.2, 0.25) is 0 Å². The number of anilines is 1. The maximum atomic E-state index is 5.71. The van der Waals surface area contributed by atoms with Gasteiger partial charge in [-0.05, 0) is 43.7 Å². The van der Waals surface area contributed by atoms with Gasteiger partial charge in [-0.25, -0.2) is 4.98 Å². The molecule has 1 aromatic rings. The van der Waals surface area contributed by atoms with E-state index in [1.807, 2.05) is 12.1 Å². The van der Waals surface area contributed by atoms with E-state index < -0.39 is 0 Å². The quantitative estimate of drug-likeness (QED) is 0.820. The monoisotopic (exact) mass is 217 g/mol. The van der Waals surface area contributed by atoms with Crippen LogP contribution in [-0.2, 0) is 6.54 Å². The summed E-state index contributed by atoms with van der Waals surface area (Å²) in [6.45, 7) is 2.24. The third kappa shape index (κ3) is 2.53. The molecule has 86 valence electrons. The number of nitrogen functional groups attached to an aromatic ring is 1. The number of hydrogen-bond acceptors (Lipinski definition) is 3. The molecule has 0 unspecified atom stereocenters. The van der Waals surface area contributed by atoms with Crippen molar-refractivity contribution >= 4 is 5.82 Å². The average molecular weight is 217 g/mol. The molecule has 0 aromatic carbocycles. The Balaban J connectivity index is 1.65. The summed E-state index contributed by atoms with van der Waals surface area (Å²) < 4.78 is 0. The molecule has 2 aliphatic carbocycles. The van der Waals surface area contributed by atoms with Crippen LogP contribution in [0.5, 0.6) is 0 Å². The van der Waals surface area contributed by atoms with Crippen LogP contribution in [0.2, 0.25) is 0 Å². The highest BCUT2D eigenvalue weighted by Crippen LogP contribution is 2.35. The lowest BCUT2D eigenvalue weighted by molar-refractivity contribution is 0.241. The number of pyridine rings is 1. The zero-order valence-electron chi connectivity index (χ0n) is 9.60. The fourth-order valence-electron chi connectivity index (χ4n) is 2.21. The summed E-state index contributed by atoms with van der Waals surface area (Å²) in [5.41, 5.74) is 6.83. The van der Waals surface area contributed by atoms with E-state index in [0.29, 0.717) is 5.82 Å². The van der Waals surface area contributed by atoms with E-state index in [2.05, 4.69) is 16.0 Å². The third-order valence-electron chi connectivity index (χ3n) is 3.45.